The topological polar surface area (TPSA) is 61.8 Å². The van der Waals surface area contributed by atoms with Gasteiger partial charge in [-0.25, -0.2) is 4.79 Å². The van der Waals surface area contributed by atoms with Crippen LogP contribution in [0.15, 0.2) is 24.3 Å². The Morgan fingerprint density at radius 1 is 1.42 bits per heavy atom. The third-order valence-corrected chi connectivity index (χ3v) is 5.01. The molecule has 2 N–H and O–H groups in total. The van der Waals surface area contributed by atoms with Crippen LogP contribution in [0.3, 0.4) is 0 Å². The fourth-order valence-electron chi connectivity index (χ4n) is 3.24. The Labute approximate surface area is 145 Å². The highest BCUT2D eigenvalue weighted by molar-refractivity contribution is 5.74. The molecule has 1 saturated carbocycles. The van der Waals surface area contributed by atoms with Gasteiger partial charge >= 0.3 is 6.03 Å². The van der Waals surface area contributed by atoms with Crippen LogP contribution in [0.25, 0.3) is 0 Å². The van der Waals surface area contributed by atoms with Crippen molar-refractivity contribution in [2.75, 3.05) is 27.2 Å². The van der Waals surface area contributed by atoms with Gasteiger partial charge in [0, 0.05) is 31.5 Å². The standard InChI is InChI=1S/C19H30N2O3/c1-19(2,15-8-6-9-16(11-15)24-4)13-20-18(23)21(3)12-14-7-5-10-17(14)22/h6,8-9,11,14,17,22H,5,7,10,12-13H2,1-4H3,(H,20,23). The first-order valence-electron chi connectivity index (χ1n) is 8.65. The number of nitrogens with zero attached hydrogens (tertiary/aromatic N) is 1. The van der Waals surface area contributed by atoms with E-state index in [1.54, 1.807) is 19.1 Å². The quantitative estimate of drug-likeness (QED) is 0.841. The Morgan fingerprint density at radius 2 is 2.17 bits per heavy atom. The number of ether oxygens (including phenoxy) is 1. The highest BCUT2D eigenvalue weighted by Crippen LogP contribution is 2.27. The van der Waals surface area contributed by atoms with Gasteiger partial charge in [0.2, 0.25) is 0 Å². The molecule has 0 radical (unpaired) electrons. The summed E-state index contributed by atoms with van der Waals surface area (Å²) in [6.45, 7) is 5.34. The SMILES string of the molecule is COc1cccc(C(C)(C)CNC(=O)N(C)CC2CCCC2O)c1. The largest absolute Gasteiger partial charge is 0.497 e. The number of nitrogens with one attached hydrogen (secondary N) is 1. The average Bonchev–Trinajstić information content (AvgIpc) is 2.97. The first-order valence-corrected chi connectivity index (χ1v) is 8.65. The van der Waals surface area contributed by atoms with Crippen molar-refractivity contribution in [1.29, 1.82) is 0 Å². The predicted molar refractivity (Wildman–Crippen MR) is 95.4 cm³/mol. The van der Waals surface area contributed by atoms with Crippen molar-refractivity contribution < 1.29 is 14.6 Å². The molecule has 5 nitrogen and oxygen atoms in total. The van der Waals surface area contributed by atoms with E-state index in [0.717, 1.165) is 30.6 Å². The molecule has 1 fully saturated rings. The Kier molecular flexibility index (Phi) is 6.10. The summed E-state index contributed by atoms with van der Waals surface area (Å²) in [6, 6.07) is 7.84. The Balaban J connectivity index is 1.89. The van der Waals surface area contributed by atoms with Crippen molar-refractivity contribution >= 4 is 6.03 Å². The second kappa shape index (κ2) is 7.88. The van der Waals surface area contributed by atoms with Gasteiger partial charge in [0.1, 0.15) is 5.75 Å². The molecule has 0 aliphatic heterocycles. The Morgan fingerprint density at radius 3 is 2.79 bits per heavy atom. The van der Waals surface area contributed by atoms with E-state index >= 15 is 0 Å². The molecule has 0 aromatic heterocycles. The number of methoxy groups -OCH3 is 1. The van der Waals surface area contributed by atoms with Crippen molar-refractivity contribution in [3.05, 3.63) is 29.8 Å². The zero-order valence-electron chi connectivity index (χ0n) is 15.2. The molecule has 2 rings (SSSR count). The summed E-state index contributed by atoms with van der Waals surface area (Å²) in [5.74, 6) is 1.02. The summed E-state index contributed by atoms with van der Waals surface area (Å²) in [7, 11) is 3.44. The van der Waals surface area contributed by atoms with Crippen LogP contribution >= 0.6 is 0 Å². The maximum Gasteiger partial charge on any atom is 0.317 e. The van der Waals surface area contributed by atoms with Gasteiger partial charge in [0.05, 0.1) is 13.2 Å². The van der Waals surface area contributed by atoms with Crippen LogP contribution in [-0.2, 0) is 5.41 Å². The van der Waals surface area contributed by atoms with E-state index in [9.17, 15) is 9.90 Å². The number of hydrogen-bond acceptors (Lipinski definition) is 3. The Bertz CT molecular complexity index is 559. The number of carbonyl (C=O) groups is 1. The number of benzene rings is 1. The maximum atomic E-state index is 12.3. The molecule has 5 heteroatoms. The van der Waals surface area contributed by atoms with Crippen molar-refractivity contribution in [1.82, 2.24) is 10.2 Å². The molecule has 24 heavy (non-hydrogen) atoms. The van der Waals surface area contributed by atoms with Crippen LogP contribution in [0, 0.1) is 5.92 Å². The summed E-state index contributed by atoms with van der Waals surface area (Å²) in [5, 5.41) is 12.9. The third-order valence-electron chi connectivity index (χ3n) is 5.01. The molecule has 0 saturated heterocycles. The van der Waals surface area contributed by atoms with Gasteiger partial charge in [-0.2, -0.15) is 0 Å². The van der Waals surface area contributed by atoms with E-state index in [1.165, 1.54) is 0 Å². The number of aliphatic hydroxyl groups excluding tert-OH is 1. The van der Waals surface area contributed by atoms with Gasteiger partial charge < -0.3 is 20.1 Å². The first-order chi connectivity index (χ1) is 11.3. The van der Waals surface area contributed by atoms with Crippen LogP contribution in [0.4, 0.5) is 4.79 Å². The molecular weight excluding hydrogens is 304 g/mol. The van der Waals surface area contributed by atoms with Crippen LogP contribution < -0.4 is 10.1 Å². The normalized spacial score (nSPS) is 20.7. The summed E-state index contributed by atoms with van der Waals surface area (Å²) >= 11 is 0. The maximum absolute atomic E-state index is 12.3. The van der Waals surface area contributed by atoms with E-state index in [0.29, 0.717) is 13.1 Å². The first kappa shape index (κ1) is 18.6. The van der Waals surface area contributed by atoms with Gasteiger partial charge in [0.15, 0.2) is 0 Å². The third kappa shape index (κ3) is 4.63. The monoisotopic (exact) mass is 334 g/mol. The zero-order chi connectivity index (χ0) is 17.7. The molecule has 1 aromatic rings. The summed E-state index contributed by atoms with van der Waals surface area (Å²) in [5.41, 5.74) is 0.925. The number of aliphatic hydroxyl groups is 1. The lowest BCUT2D eigenvalue weighted by atomic mass is 9.84. The average molecular weight is 334 g/mol. The van der Waals surface area contributed by atoms with Gasteiger partial charge in [0.25, 0.3) is 0 Å². The molecule has 0 spiro atoms. The molecule has 1 aromatic carbocycles. The van der Waals surface area contributed by atoms with Gasteiger partial charge in [-0.05, 0) is 30.5 Å². The Hall–Kier alpha value is -1.75. The van der Waals surface area contributed by atoms with E-state index in [1.807, 2.05) is 24.3 Å². The van der Waals surface area contributed by atoms with E-state index in [-0.39, 0.29) is 23.5 Å². The van der Waals surface area contributed by atoms with Gasteiger partial charge in [-0.15, -0.1) is 0 Å². The van der Waals surface area contributed by atoms with Crippen LogP contribution in [0.1, 0.15) is 38.7 Å². The minimum absolute atomic E-state index is 0.0925. The predicted octanol–water partition coefficient (Wildman–Crippen LogP) is 2.78. The van der Waals surface area contributed by atoms with Gasteiger partial charge in [-0.1, -0.05) is 32.4 Å². The van der Waals surface area contributed by atoms with Crippen LogP contribution in [-0.4, -0.2) is 49.4 Å². The zero-order valence-corrected chi connectivity index (χ0v) is 15.2. The highest BCUT2D eigenvalue weighted by atomic mass is 16.5. The lowest BCUT2D eigenvalue weighted by Crippen LogP contribution is -2.45. The molecule has 2 unspecified atom stereocenters. The smallest absolute Gasteiger partial charge is 0.317 e. The lowest BCUT2D eigenvalue weighted by Gasteiger charge is -2.29. The molecule has 0 bridgehead atoms. The number of hydrogen-bond donors (Lipinski definition) is 2. The van der Waals surface area contributed by atoms with E-state index in [4.69, 9.17) is 4.74 Å². The number of amides is 2. The van der Waals surface area contributed by atoms with Crippen LogP contribution in [0.2, 0.25) is 0 Å². The van der Waals surface area contributed by atoms with Crippen molar-refractivity contribution in [2.24, 2.45) is 5.92 Å². The number of carbonyl (C=O) groups excluding carboxylic acids is 1. The molecule has 1 aliphatic rings. The number of urea groups is 1. The van der Waals surface area contributed by atoms with Crippen molar-refractivity contribution in [2.45, 2.75) is 44.6 Å². The molecule has 1 aliphatic carbocycles. The van der Waals surface area contributed by atoms with Gasteiger partial charge in [-0.3, -0.25) is 0 Å². The minimum atomic E-state index is -0.270. The minimum Gasteiger partial charge on any atom is -0.497 e. The molecule has 0 heterocycles. The van der Waals surface area contributed by atoms with Crippen LogP contribution in [0.5, 0.6) is 5.75 Å². The highest BCUT2D eigenvalue weighted by Gasteiger charge is 2.28. The molecule has 134 valence electrons. The second-order valence-electron chi connectivity index (χ2n) is 7.41. The summed E-state index contributed by atoms with van der Waals surface area (Å²) in [4.78, 5) is 14.0. The van der Waals surface area contributed by atoms with Crippen molar-refractivity contribution in [3.63, 3.8) is 0 Å². The van der Waals surface area contributed by atoms with E-state index < -0.39 is 0 Å². The fraction of sp³-hybridized carbons (Fsp3) is 0.632. The molecule has 2 amide bonds. The summed E-state index contributed by atoms with van der Waals surface area (Å²) < 4.78 is 5.28. The summed E-state index contributed by atoms with van der Waals surface area (Å²) in [6.07, 6.45) is 2.62. The second-order valence-corrected chi connectivity index (χ2v) is 7.41. The number of rotatable bonds is 6. The van der Waals surface area contributed by atoms with Crippen molar-refractivity contribution in [3.8, 4) is 5.75 Å². The molecule has 2 atom stereocenters. The fourth-order valence-corrected chi connectivity index (χ4v) is 3.24. The molecular formula is C19H30N2O3. The van der Waals surface area contributed by atoms with E-state index in [2.05, 4.69) is 19.2 Å². The lowest BCUT2D eigenvalue weighted by molar-refractivity contribution is 0.113.